The predicted molar refractivity (Wildman–Crippen MR) is 83.8 cm³/mol. The van der Waals surface area contributed by atoms with Gasteiger partial charge >= 0.3 is 0 Å². The topological polar surface area (TPSA) is 72.2 Å². The Bertz CT molecular complexity index is 711. The van der Waals surface area contributed by atoms with Gasteiger partial charge in [0.05, 0.1) is 9.23 Å². The van der Waals surface area contributed by atoms with Gasteiger partial charge in [-0.2, -0.15) is 0 Å². The zero-order valence-electron chi connectivity index (χ0n) is 10.9. The molecule has 0 aliphatic rings. The Morgan fingerprint density at radius 1 is 1.30 bits per heavy atom. The zero-order chi connectivity index (χ0) is 14.8. The van der Waals surface area contributed by atoms with Gasteiger partial charge in [-0.1, -0.05) is 17.7 Å². The van der Waals surface area contributed by atoms with Crippen LogP contribution >= 0.6 is 22.9 Å². The maximum atomic E-state index is 12.2. The number of rotatable bonds is 5. The maximum Gasteiger partial charge on any atom is 0.240 e. The van der Waals surface area contributed by atoms with Crippen molar-refractivity contribution in [3.05, 3.63) is 45.1 Å². The third kappa shape index (κ3) is 3.73. The fraction of sp³-hybridized carbons (Fsp3) is 0.231. The molecule has 1 heterocycles. The van der Waals surface area contributed by atoms with E-state index in [9.17, 15) is 8.42 Å². The van der Waals surface area contributed by atoms with E-state index in [-0.39, 0.29) is 4.90 Å². The average molecular weight is 331 g/mol. The number of thiophene rings is 1. The quantitative estimate of drug-likeness (QED) is 0.828. The van der Waals surface area contributed by atoms with Crippen LogP contribution in [-0.4, -0.2) is 15.0 Å². The number of halogens is 1. The minimum Gasteiger partial charge on any atom is -0.399 e. The molecule has 2 rings (SSSR count). The summed E-state index contributed by atoms with van der Waals surface area (Å²) in [7, 11) is -3.54. The highest BCUT2D eigenvalue weighted by molar-refractivity contribution is 7.89. The highest BCUT2D eigenvalue weighted by Crippen LogP contribution is 2.22. The SMILES string of the molecule is Cc1ccc(N)cc1S(=O)(=O)NCCc1ccc(Cl)s1. The zero-order valence-corrected chi connectivity index (χ0v) is 13.3. The van der Waals surface area contributed by atoms with Crippen molar-refractivity contribution < 1.29 is 8.42 Å². The molecule has 108 valence electrons. The van der Waals surface area contributed by atoms with E-state index < -0.39 is 10.0 Å². The van der Waals surface area contributed by atoms with Gasteiger partial charge in [0, 0.05) is 17.1 Å². The lowest BCUT2D eigenvalue weighted by Crippen LogP contribution is -2.26. The Morgan fingerprint density at radius 2 is 2.05 bits per heavy atom. The fourth-order valence-corrected chi connectivity index (χ4v) is 4.18. The molecule has 1 aromatic carbocycles. The molecule has 4 nitrogen and oxygen atoms in total. The van der Waals surface area contributed by atoms with E-state index in [4.69, 9.17) is 17.3 Å². The molecule has 3 N–H and O–H groups in total. The van der Waals surface area contributed by atoms with Gasteiger partial charge < -0.3 is 5.73 Å². The molecule has 0 saturated heterocycles. The predicted octanol–water partition coefficient (Wildman–Crippen LogP) is 2.81. The molecule has 2 aromatic rings. The summed E-state index contributed by atoms with van der Waals surface area (Å²) in [5.74, 6) is 0. The summed E-state index contributed by atoms with van der Waals surface area (Å²) in [6, 6.07) is 8.55. The van der Waals surface area contributed by atoms with Crippen LogP contribution in [0.2, 0.25) is 4.34 Å². The first kappa shape index (κ1) is 15.3. The minimum absolute atomic E-state index is 0.224. The normalized spacial score (nSPS) is 11.7. The third-order valence-corrected chi connectivity index (χ3v) is 5.69. The molecule has 0 spiro atoms. The smallest absolute Gasteiger partial charge is 0.240 e. The monoisotopic (exact) mass is 330 g/mol. The van der Waals surface area contributed by atoms with Crippen LogP contribution < -0.4 is 10.5 Å². The van der Waals surface area contributed by atoms with Crippen LogP contribution in [0.1, 0.15) is 10.4 Å². The van der Waals surface area contributed by atoms with Crippen molar-refractivity contribution in [2.24, 2.45) is 0 Å². The number of nitrogens with one attached hydrogen (secondary N) is 1. The van der Waals surface area contributed by atoms with Crippen LogP contribution in [0, 0.1) is 6.92 Å². The molecule has 7 heteroatoms. The van der Waals surface area contributed by atoms with E-state index in [2.05, 4.69) is 4.72 Å². The van der Waals surface area contributed by atoms with Gasteiger partial charge in [-0.3, -0.25) is 0 Å². The van der Waals surface area contributed by atoms with Crippen LogP contribution in [0.15, 0.2) is 35.2 Å². The second-order valence-electron chi connectivity index (χ2n) is 4.38. The first-order chi connectivity index (χ1) is 9.38. The van der Waals surface area contributed by atoms with Gasteiger partial charge in [0.25, 0.3) is 0 Å². The third-order valence-electron chi connectivity index (χ3n) is 2.79. The van der Waals surface area contributed by atoms with E-state index in [1.54, 1.807) is 25.1 Å². The summed E-state index contributed by atoms with van der Waals surface area (Å²) in [6.45, 7) is 2.07. The molecule has 1 aromatic heterocycles. The van der Waals surface area contributed by atoms with Gasteiger partial charge in [-0.15, -0.1) is 11.3 Å². The lowest BCUT2D eigenvalue weighted by molar-refractivity contribution is 0.581. The summed E-state index contributed by atoms with van der Waals surface area (Å²) >= 11 is 7.28. The second-order valence-corrected chi connectivity index (χ2v) is 7.91. The molecule has 0 aliphatic heterocycles. The van der Waals surface area contributed by atoms with Gasteiger partial charge in [0.15, 0.2) is 0 Å². The molecule has 0 radical (unpaired) electrons. The molecule has 0 aliphatic carbocycles. The van der Waals surface area contributed by atoms with Crippen molar-refractivity contribution in [1.29, 1.82) is 0 Å². The minimum atomic E-state index is -3.54. The lowest BCUT2D eigenvalue weighted by atomic mass is 10.2. The summed E-state index contributed by atoms with van der Waals surface area (Å²) < 4.78 is 27.7. The molecular weight excluding hydrogens is 316 g/mol. The average Bonchev–Trinajstić information content (AvgIpc) is 2.78. The van der Waals surface area contributed by atoms with Gasteiger partial charge in [-0.05, 0) is 43.2 Å². The molecular formula is C13H15ClN2O2S2. The number of hydrogen-bond acceptors (Lipinski definition) is 4. The number of benzene rings is 1. The van der Waals surface area contributed by atoms with Crippen molar-refractivity contribution in [2.45, 2.75) is 18.2 Å². The number of sulfonamides is 1. The largest absolute Gasteiger partial charge is 0.399 e. The number of aryl methyl sites for hydroxylation is 1. The van der Waals surface area contributed by atoms with Crippen molar-refractivity contribution >= 4 is 38.6 Å². The Kier molecular flexibility index (Phi) is 4.70. The van der Waals surface area contributed by atoms with Gasteiger partial charge in [0.2, 0.25) is 10.0 Å². The molecule has 0 fully saturated rings. The first-order valence-electron chi connectivity index (χ1n) is 5.98. The molecule has 0 unspecified atom stereocenters. The number of nitrogens with two attached hydrogens (primary N) is 1. The molecule has 0 amide bonds. The van der Waals surface area contributed by atoms with Crippen molar-refractivity contribution in [3.8, 4) is 0 Å². The maximum absolute atomic E-state index is 12.2. The molecule has 20 heavy (non-hydrogen) atoms. The van der Waals surface area contributed by atoms with Crippen molar-refractivity contribution in [3.63, 3.8) is 0 Å². The molecule has 0 bridgehead atoms. The Balaban J connectivity index is 2.06. The van der Waals surface area contributed by atoms with E-state index >= 15 is 0 Å². The summed E-state index contributed by atoms with van der Waals surface area (Å²) in [5.41, 5.74) is 6.75. The van der Waals surface area contributed by atoms with Crippen LogP contribution in [0.5, 0.6) is 0 Å². The summed E-state index contributed by atoms with van der Waals surface area (Å²) in [4.78, 5) is 1.27. The second kappa shape index (κ2) is 6.13. The van der Waals surface area contributed by atoms with Gasteiger partial charge in [0.1, 0.15) is 0 Å². The summed E-state index contributed by atoms with van der Waals surface area (Å²) in [6.07, 6.45) is 0.609. The van der Waals surface area contributed by atoms with E-state index in [0.29, 0.717) is 28.6 Å². The number of anilines is 1. The Labute approximate surface area is 127 Å². The van der Waals surface area contributed by atoms with Crippen LogP contribution in [0.25, 0.3) is 0 Å². The first-order valence-corrected chi connectivity index (χ1v) is 8.66. The Hall–Kier alpha value is -1.08. The fourth-order valence-electron chi connectivity index (χ4n) is 1.78. The van der Waals surface area contributed by atoms with Crippen LogP contribution in [0.4, 0.5) is 5.69 Å². The number of hydrogen-bond donors (Lipinski definition) is 2. The lowest BCUT2D eigenvalue weighted by Gasteiger charge is -2.09. The molecule has 0 atom stereocenters. The summed E-state index contributed by atoms with van der Waals surface area (Å²) in [5, 5.41) is 0. The standard InChI is InChI=1S/C13H15ClN2O2S2/c1-9-2-3-10(15)8-12(9)20(17,18)16-7-6-11-4-5-13(14)19-11/h2-5,8,16H,6-7,15H2,1H3. The Morgan fingerprint density at radius 3 is 2.70 bits per heavy atom. The van der Waals surface area contributed by atoms with E-state index in [1.807, 2.05) is 6.07 Å². The highest BCUT2D eigenvalue weighted by Gasteiger charge is 2.16. The van der Waals surface area contributed by atoms with Crippen molar-refractivity contribution in [1.82, 2.24) is 4.72 Å². The van der Waals surface area contributed by atoms with E-state index in [1.165, 1.54) is 17.4 Å². The van der Waals surface area contributed by atoms with Crippen molar-refractivity contribution in [2.75, 3.05) is 12.3 Å². The van der Waals surface area contributed by atoms with Gasteiger partial charge in [-0.25, -0.2) is 13.1 Å². The highest BCUT2D eigenvalue weighted by atomic mass is 35.5. The number of nitrogen functional groups attached to an aromatic ring is 1. The van der Waals surface area contributed by atoms with E-state index in [0.717, 1.165) is 4.88 Å². The van der Waals surface area contributed by atoms with Crippen LogP contribution in [-0.2, 0) is 16.4 Å². The molecule has 0 saturated carbocycles. The van der Waals surface area contributed by atoms with Crippen LogP contribution in [0.3, 0.4) is 0 Å².